The van der Waals surface area contributed by atoms with Crippen LogP contribution in [-0.2, 0) is 9.53 Å². The van der Waals surface area contributed by atoms with Crippen molar-refractivity contribution in [3.05, 3.63) is 0 Å². The van der Waals surface area contributed by atoms with Gasteiger partial charge < -0.3 is 4.74 Å². The Morgan fingerprint density at radius 2 is 1.87 bits per heavy atom. The number of carbonyl (C=O) groups excluding carboxylic acids is 1. The summed E-state index contributed by atoms with van der Waals surface area (Å²) in [6.07, 6.45) is 2.22. The average molecular weight is 212 g/mol. The Labute approximate surface area is 93.4 Å². The molecule has 1 heterocycles. The molecule has 0 N–H and O–H groups in total. The van der Waals surface area contributed by atoms with Gasteiger partial charge in [0.05, 0.1) is 5.92 Å². The van der Waals surface area contributed by atoms with Crippen LogP contribution in [0.1, 0.15) is 47.5 Å². The molecule has 0 aromatic carbocycles. The summed E-state index contributed by atoms with van der Waals surface area (Å²) in [6.45, 7) is 10.8. The summed E-state index contributed by atoms with van der Waals surface area (Å²) in [5, 5.41) is 0. The number of hydrogen-bond acceptors (Lipinski definition) is 2. The molecule has 0 aromatic heterocycles. The van der Waals surface area contributed by atoms with E-state index in [-0.39, 0.29) is 18.0 Å². The summed E-state index contributed by atoms with van der Waals surface area (Å²) in [5.41, 5.74) is 0. The first-order valence-electron chi connectivity index (χ1n) is 6.12. The van der Waals surface area contributed by atoms with Gasteiger partial charge in [-0.05, 0) is 30.6 Å². The Balaban J connectivity index is 2.50. The minimum Gasteiger partial charge on any atom is -0.462 e. The molecule has 0 aromatic rings. The number of esters is 1. The lowest BCUT2D eigenvalue weighted by Gasteiger charge is -2.19. The van der Waals surface area contributed by atoms with Gasteiger partial charge in [-0.3, -0.25) is 4.79 Å². The summed E-state index contributed by atoms with van der Waals surface area (Å²) in [6, 6.07) is 0. The lowest BCUT2D eigenvalue weighted by atomic mass is 9.86. The fourth-order valence-electron chi connectivity index (χ4n) is 2.42. The third kappa shape index (κ3) is 3.22. The van der Waals surface area contributed by atoms with E-state index < -0.39 is 0 Å². The summed E-state index contributed by atoms with van der Waals surface area (Å²) in [7, 11) is 0. The standard InChI is InChI=1S/C13H24O2/c1-8(2)6-10(5)12-7-11(9(3)4)13(14)15-12/h8-12H,6-7H2,1-5H3/t10-,11+,12?/m1/s1. The molecule has 1 saturated heterocycles. The number of ether oxygens (including phenoxy) is 1. The third-order valence-corrected chi connectivity index (χ3v) is 3.34. The van der Waals surface area contributed by atoms with E-state index in [4.69, 9.17) is 4.74 Å². The molecule has 0 aliphatic carbocycles. The molecule has 1 rings (SSSR count). The number of hydrogen-bond donors (Lipinski definition) is 0. The number of cyclic esters (lactones) is 1. The molecule has 0 spiro atoms. The molecular weight excluding hydrogens is 188 g/mol. The minimum absolute atomic E-state index is 0.0191. The third-order valence-electron chi connectivity index (χ3n) is 3.34. The summed E-state index contributed by atoms with van der Waals surface area (Å²) in [4.78, 5) is 11.6. The van der Waals surface area contributed by atoms with Crippen LogP contribution in [0.15, 0.2) is 0 Å². The predicted molar refractivity (Wildman–Crippen MR) is 61.4 cm³/mol. The Bertz CT molecular complexity index is 221. The highest BCUT2D eigenvalue weighted by Crippen LogP contribution is 2.33. The van der Waals surface area contributed by atoms with E-state index in [0.717, 1.165) is 12.8 Å². The number of carbonyl (C=O) groups is 1. The van der Waals surface area contributed by atoms with Crippen molar-refractivity contribution in [1.82, 2.24) is 0 Å². The molecule has 15 heavy (non-hydrogen) atoms. The van der Waals surface area contributed by atoms with Crippen LogP contribution >= 0.6 is 0 Å². The van der Waals surface area contributed by atoms with E-state index in [1.165, 1.54) is 0 Å². The van der Waals surface area contributed by atoms with Crippen LogP contribution in [0.5, 0.6) is 0 Å². The zero-order valence-electron chi connectivity index (χ0n) is 10.6. The largest absolute Gasteiger partial charge is 0.462 e. The lowest BCUT2D eigenvalue weighted by molar-refractivity contribution is -0.146. The maximum atomic E-state index is 11.6. The van der Waals surface area contributed by atoms with Gasteiger partial charge in [0.2, 0.25) is 0 Å². The van der Waals surface area contributed by atoms with Crippen LogP contribution in [-0.4, -0.2) is 12.1 Å². The van der Waals surface area contributed by atoms with E-state index in [1.54, 1.807) is 0 Å². The second kappa shape index (κ2) is 5.00. The molecule has 2 heteroatoms. The second-order valence-corrected chi connectivity index (χ2v) is 5.67. The Hall–Kier alpha value is -0.530. The first-order valence-corrected chi connectivity index (χ1v) is 6.12. The molecule has 0 radical (unpaired) electrons. The maximum absolute atomic E-state index is 11.6. The van der Waals surface area contributed by atoms with Crippen molar-refractivity contribution in [3.63, 3.8) is 0 Å². The zero-order chi connectivity index (χ0) is 11.6. The maximum Gasteiger partial charge on any atom is 0.309 e. The molecular formula is C13H24O2. The van der Waals surface area contributed by atoms with Crippen molar-refractivity contribution in [2.75, 3.05) is 0 Å². The fourth-order valence-corrected chi connectivity index (χ4v) is 2.42. The average Bonchev–Trinajstić information content (AvgIpc) is 2.46. The monoisotopic (exact) mass is 212 g/mol. The minimum atomic E-state index is 0.0191. The second-order valence-electron chi connectivity index (χ2n) is 5.67. The Kier molecular flexibility index (Phi) is 4.18. The molecule has 88 valence electrons. The van der Waals surface area contributed by atoms with E-state index in [1.807, 2.05) is 0 Å². The van der Waals surface area contributed by atoms with Crippen molar-refractivity contribution in [3.8, 4) is 0 Å². The normalized spacial score (nSPS) is 28.6. The van der Waals surface area contributed by atoms with E-state index in [2.05, 4.69) is 34.6 Å². The summed E-state index contributed by atoms with van der Waals surface area (Å²) in [5.74, 6) is 1.73. The molecule has 0 bridgehead atoms. The van der Waals surface area contributed by atoms with Gasteiger partial charge in [-0.2, -0.15) is 0 Å². The Morgan fingerprint density at radius 1 is 1.27 bits per heavy atom. The fraction of sp³-hybridized carbons (Fsp3) is 0.923. The highest BCUT2D eigenvalue weighted by molar-refractivity contribution is 5.74. The molecule has 0 saturated carbocycles. The molecule has 2 nitrogen and oxygen atoms in total. The molecule has 1 aliphatic heterocycles. The van der Waals surface area contributed by atoms with Crippen molar-refractivity contribution < 1.29 is 9.53 Å². The molecule has 1 fully saturated rings. The molecule has 1 unspecified atom stereocenters. The highest BCUT2D eigenvalue weighted by atomic mass is 16.6. The number of rotatable bonds is 4. The van der Waals surface area contributed by atoms with Gasteiger partial charge >= 0.3 is 5.97 Å². The smallest absolute Gasteiger partial charge is 0.309 e. The highest BCUT2D eigenvalue weighted by Gasteiger charge is 2.38. The van der Waals surface area contributed by atoms with Gasteiger partial charge in [0.1, 0.15) is 6.10 Å². The Morgan fingerprint density at radius 3 is 2.27 bits per heavy atom. The molecule has 0 amide bonds. The van der Waals surface area contributed by atoms with Crippen molar-refractivity contribution in [2.24, 2.45) is 23.7 Å². The predicted octanol–water partition coefficient (Wildman–Crippen LogP) is 3.26. The van der Waals surface area contributed by atoms with Crippen LogP contribution in [0, 0.1) is 23.7 Å². The molecule has 3 atom stereocenters. The zero-order valence-corrected chi connectivity index (χ0v) is 10.6. The quantitative estimate of drug-likeness (QED) is 0.669. The van der Waals surface area contributed by atoms with E-state index >= 15 is 0 Å². The van der Waals surface area contributed by atoms with Gasteiger partial charge in [0.15, 0.2) is 0 Å². The van der Waals surface area contributed by atoms with Crippen molar-refractivity contribution in [2.45, 2.75) is 53.6 Å². The SMILES string of the molecule is CC(C)C[C@@H](C)C1C[C@@H](C(C)C)C(=O)O1. The summed E-state index contributed by atoms with van der Waals surface area (Å²) < 4.78 is 5.46. The first kappa shape index (κ1) is 12.5. The first-order chi connectivity index (χ1) is 6.91. The topological polar surface area (TPSA) is 26.3 Å². The van der Waals surface area contributed by atoms with Crippen LogP contribution in [0.2, 0.25) is 0 Å². The van der Waals surface area contributed by atoms with Gasteiger partial charge in [0, 0.05) is 0 Å². The van der Waals surface area contributed by atoms with E-state index in [9.17, 15) is 4.79 Å². The van der Waals surface area contributed by atoms with Gasteiger partial charge in [-0.15, -0.1) is 0 Å². The van der Waals surface area contributed by atoms with Crippen LogP contribution < -0.4 is 0 Å². The summed E-state index contributed by atoms with van der Waals surface area (Å²) >= 11 is 0. The van der Waals surface area contributed by atoms with Crippen LogP contribution in [0.4, 0.5) is 0 Å². The van der Waals surface area contributed by atoms with Gasteiger partial charge in [0.25, 0.3) is 0 Å². The van der Waals surface area contributed by atoms with Crippen LogP contribution in [0.3, 0.4) is 0 Å². The molecule has 1 aliphatic rings. The van der Waals surface area contributed by atoms with Crippen LogP contribution in [0.25, 0.3) is 0 Å². The van der Waals surface area contributed by atoms with Crippen molar-refractivity contribution >= 4 is 5.97 Å². The lowest BCUT2D eigenvalue weighted by Crippen LogP contribution is -2.19. The van der Waals surface area contributed by atoms with Crippen molar-refractivity contribution in [1.29, 1.82) is 0 Å². The van der Waals surface area contributed by atoms with E-state index in [0.29, 0.717) is 17.8 Å². The van der Waals surface area contributed by atoms with Gasteiger partial charge in [-0.25, -0.2) is 0 Å². The van der Waals surface area contributed by atoms with Gasteiger partial charge in [-0.1, -0.05) is 34.6 Å².